The van der Waals surface area contributed by atoms with Gasteiger partial charge in [-0.15, -0.1) is 0 Å². The van der Waals surface area contributed by atoms with Gasteiger partial charge in [-0.3, -0.25) is 0 Å². The minimum absolute atomic E-state index is 0.491. The summed E-state index contributed by atoms with van der Waals surface area (Å²) in [5.41, 5.74) is 17.8. The quantitative estimate of drug-likeness (QED) is 0.143. The van der Waals surface area contributed by atoms with Gasteiger partial charge in [0.05, 0.1) is 16.7 Å². The Bertz CT molecular complexity index is 2770. The molecule has 1 aliphatic carbocycles. The summed E-state index contributed by atoms with van der Waals surface area (Å²) in [6.07, 6.45) is 8.32. The van der Waals surface area contributed by atoms with Crippen molar-refractivity contribution >= 4 is 33.2 Å². The molecule has 1 aliphatic rings. The molecule has 56 heavy (non-hydrogen) atoms. The number of aromatic nitrogens is 1. The van der Waals surface area contributed by atoms with Crippen LogP contribution in [0.3, 0.4) is 0 Å². The molecule has 2 N–H and O–H groups in total. The molecule has 7 aromatic carbocycles. The van der Waals surface area contributed by atoms with Crippen LogP contribution < -0.4 is 5.32 Å². The monoisotopic (exact) mass is 721 g/mol. The Kier molecular flexibility index (Phi) is 9.34. The number of hydrogen-bond acceptors (Lipinski definition) is 2. The van der Waals surface area contributed by atoms with Gasteiger partial charge in [0.25, 0.3) is 0 Å². The van der Waals surface area contributed by atoms with Crippen molar-refractivity contribution in [2.45, 2.75) is 26.7 Å². The lowest BCUT2D eigenvalue weighted by atomic mass is 9.89. The van der Waals surface area contributed by atoms with Crippen LogP contribution in [-0.2, 0) is 0 Å². The van der Waals surface area contributed by atoms with Crippen LogP contribution in [0.4, 0.5) is 5.69 Å². The molecule has 0 bridgehead atoms. The lowest BCUT2D eigenvalue weighted by Crippen LogP contribution is -2.08. The second kappa shape index (κ2) is 15.0. The van der Waals surface area contributed by atoms with E-state index in [-0.39, 0.29) is 0 Å². The highest BCUT2D eigenvalue weighted by Crippen LogP contribution is 2.39. The maximum Gasteiger partial charge on any atom is 0.0632 e. The number of nitrogens with zero attached hydrogens (tertiary/aromatic N) is 1. The summed E-state index contributed by atoms with van der Waals surface area (Å²) in [7, 11) is 0. The lowest BCUT2D eigenvalue weighted by Gasteiger charge is -2.19. The maximum atomic E-state index is 8.93. The molecule has 270 valence electrons. The molecule has 1 aromatic heterocycles. The van der Waals surface area contributed by atoms with E-state index in [4.69, 9.17) is 5.41 Å². The van der Waals surface area contributed by atoms with E-state index in [1.54, 1.807) is 0 Å². The summed E-state index contributed by atoms with van der Waals surface area (Å²) >= 11 is 0. The van der Waals surface area contributed by atoms with Crippen LogP contribution in [0.5, 0.6) is 0 Å². The SMILES string of the molecule is CC1=CC=C(/C(=C/C(=N)c2ccc(C)cc2)Nc2ccc(-c3ccccc3-c3ccccc3-c3ccc(-n4c5ccccc5c5ccccc54)cc3)cc2)CC1. The smallest absolute Gasteiger partial charge is 0.0632 e. The molecule has 3 heteroatoms. The highest BCUT2D eigenvalue weighted by molar-refractivity contribution is 6.09. The van der Waals surface area contributed by atoms with Gasteiger partial charge < -0.3 is 15.3 Å². The van der Waals surface area contributed by atoms with Crippen LogP contribution in [0.15, 0.2) is 205 Å². The number of hydrogen-bond donors (Lipinski definition) is 2. The lowest BCUT2D eigenvalue weighted by molar-refractivity contribution is 0.913. The first-order valence-electron chi connectivity index (χ1n) is 19.4. The van der Waals surface area contributed by atoms with Crippen molar-refractivity contribution in [1.82, 2.24) is 4.57 Å². The van der Waals surface area contributed by atoms with Crippen molar-refractivity contribution in [3.05, 3.63) is 216 Å². The van der Waals surface area contributed by atoms with Crippen molar-refractivity contribution in [3.8, 4) is 39.1 Å². The molecule has 0 atom stereocenters. The molecule has 0 fully saturated rings. The van der Waals surface area contributed by atoms with Gasteiger partial charge in [0.2, 0.25) is 0 Å². The molecule has 3 nitrogen and oxygen atoms in total. The Morgan fingerprint density at radius 3 is 1.61 bits per heavy atom. The fourth-order valence-electron chi connectivity index (χ4n) is 7.95. The largest absolute Gasteiger partial charge is 0.355 e. The molecule has 0 saturated heterocycles. The third-order valence-electron chi connectivity index (χ3n) is 11.0. The van der Waals surface area contributed by atoms with Gasteiger partial charge in [0.1, 0.15) is 0 Å². The van der Waals surface area contributed by atoms with Crippen LogP contribution in [0.2, 0.25) is 0 Å². The van der Waals surface area contributed by atoms with E-state index in [2.05, 4.69) is 194 Å². The summed E-state index contributed by atoms with van der Waals surface area (Å²) < 4.78 is 2.37. The van der Waals surface area contributed by atoms with Crippen LogP contribution in [-0.4, -0.2) is 10.3 Å². The van der Waals surface area contributed by atoms with E-state index in [1.807, 2.05) is 18.2 Å². The van der Waals surface area contributed by atoms with Gasteiger partial charge >= 0.3 is 0 Å². The third-order valence-corrected chi connectivity index (χ3v) is 11.0. The van der Waals surface area contributed by atoms with Gasteiger partial charge in [-0.1, -0.05) is 157 Å². The number of rotatable bonds is 9. The highest BCUT2D eigenvalue weighted by Gasteiger charge is 2.16. The Hall–Kier alpha value is -6.97. The maximum absolute atomic E-state index is 8.93. The molecular formula is C53H43N3. The minimum atomic E-state index is 0.491. The zero-order valence-corrected chi connectivity index (χ0v) is 31.8. The summed E-state index contributed by atoms with van der Waals surface area (Å²) in [5.74, 6) is 0. The first-order chi connectivity index (χ1) is 27.5. The van der Waals surface area contributed by atoms with Crippen molar-refractivity contribution in [2.24, 2.45) is 0 Å². The Morgan fingerprint density at radius 2 is 1.05 bits per heavy atom. The van der Waals surface area contributed by atoms with E-state index in [9.17, 15) is 0 Å². The predicted molar refractivity (Wildman–Crippen MR) is 238 cm³/mol. The second-order valence-electron chi connectivity index (χ2n) is 14.8. The number of benzene rings is 7. The van der Waals surface area contributed by atoms with Crippen LogP contribution in [0.25, 0.3) is 60.9 Å². The topological polar surface area (TPSA) is 40.8 Å². The first-order valence-corrected chi connectivity index (χ1v) is 19.4. The normalized spacial score (nSPS) is 13.1. The van der Waals surface area contributed by atoms with Gasteiger partial charge in [0.15, 0.2) is 0 Å². The predicted octanol–water partition coefficient (Wildman–Crippen LogP) is 14.1. The molecule has 0 saturated carbocycles. The van der Waals surface area contributed by atoms with Crippen LogP contribution >= 0.6 is 0 Å². The number of anilines is 1. The third kappa shape index (κ3) is 6.80. The average molecular weight is 722 g/mol. The van der Waals surface area contributed by atoms with Crippen LogP contribution in [0, 0.1) is 12.3 Å². The summed E-state index contributed by atoms with van der Waals surface area (Å²) in [5, 5.41) is 15.1. The van der Waals surface area contributed by atoms with E-state index in [1.165, 1.54) is 66.3 Å². The fourth-order valence-corrected chi connectivity index (χ4v) is 7.95. The van der Waals surface area contributed by atoms with E-state index in [0.29, 0.717) is 5.71 Å². The minimum Gasteiger partial charge on any atom is -0.355 e. The zero-order valence-electron chi connectivity index (χ0n) is 31.8. The second-order valence-corrected chi connectivity index (χ2v) is 14.8. The number of aryl methyl sites for hydroxylation is 1. The Morgan fingerprint density at radius 1 is 0.536 bits per heavy atom. The molecule has 8 aromatic rings. The molecule has 9 rings (SSSR count). The number of allylic oxidation sites excluding steroid dienone is 5. The highest BCUT2D eigenvalue weighted by atomic mass is 15.0. The molecule has 0 unspecified atom stereocenters. The van der Waals surface area contributed by atoms with Gasteiger partial charge in [-0.05, 0) is 114 Å². The standard InChI is InChI=1S/C53H43N3/c1-36-19-23-40(24-20-36)50(54)35-51(41-25-21-37(2)22-26-41)55-42-31-27-38(28-32-42)44-11-3-5-13-46(44)47-14-6-4-12-45(47)39-29-33-43(34-30-39)56-52-17-9-7-15-48(52)49-16-8-10-18-53(49)56/h3-21,23-25,27-35,54-55H,22,26H2,1-2H3/b51-35-,54-50?. The van der Waals surface area contributed by atoms with Gasteiger partial charge in [-0.25, -0.2) is 0 Å². The Balaban J connectivity index is 1.02. The molecule has 0 aliphatic heterocycles. The molecule has 0 spiro atoms. The van der Waals surface area contributed by atoms with E-state index in [0.717, 1.165) is 41.0 Å². The van der Waals surface area contributed by atoms with Crippen molar-refractivity contribution < 1.29 is 0 Å². The first kappa shape index (κ1) is 34.8. The van der Waals surface area contributed by atoms with Crippen molar-refractivity contribution in [1.29, 1.82) is 5.41 Å². The zero-order chi connectivity index (χ0) is 38.0. The van der Waals surface area contributed by atoms with Crippen LogP contribution in [0.1, 0.15) is 30.9 Å². The van der Waals surface area contributed by atoms with E-state index < -0.39 is 0 Å². The summed E-state index contributed by atoms with van der Waals surface area (Å²) in [6, 6.07) is 60.6. The fraction of sp³-hybridized carbons (Fsp3) is 0.0755. The van der Waals surface area contributed by atoms with Crippen molar-refractivity contribution in [2.75, 3.05) is 5.32 Å². The summed E-state index contributed by atoms with van der Waals surface area (Å²) in [6.45, 7) is 4.25. The molecular weight excluding hydrogens is 679 g/mol. The molecule has 1 heterocycles. The average Bonchev–Trinajstić information content (AvgIpc) is 3.59. The number of nitrogens with one attached hydrogen (secondary N) is 2. The summed E-state index contributed by atoms with van der Waals surface area (Å²) in [4.78, 5) is 0. The Labute approximate surface area is 329 Å². The molecule has 0 amide bonds. The number of fused-ring (bicyclic) bond motifs is 3. The van der Waals surface area contributed by atoms with Gasteiger partial charge in [0, 0.05) is 27.8 Å². The van der Waals surface area contributed by atoms with Crippen molar-refractivity contribution in [3.63, 3.8) is 0 Å². The van der Waals surface area contributed by atoms with E-state index >= 15 is 0 Å². The number of para-hydroxylation sites is 2. The molecule has 0 radical (unpaired) electrons. The van der Waals surface area contributed by atoms with Gasteiger partial charge in [-0.2, -0.15) is 0 Å².